The molecule has 0 aliphatic rings. The van der Waals surface area contributed by atoms with Gasteiger partial charge in [0, 0.05) is 5.69 Å². The van der Waals surface area contributed by atoms with E-state index in [4.69, 9.17) is 4.42 Å². The van der Waals surface area contributed by atoms with E-state index < -0.39 is 5.92 Å². The Hall–Kier alpha value is -3.97. The molecule has 0 aliphatic carbocycles. The monoisotopic (exact) mass is 515 g/mol. The van der Waals surface area contributed by atoms with Crippen molar-refractivity contribution in [2.75, 3.05) is 5.32 Å². The van der Waals surface area contributed by atoms with Gasteiger partial charge in [0.1, 0.15) is 0 Å². The topological polar surface area (TPSA) is 83.7 Å². The van der Waals surface area contributed by atoms with Gasteiger partial charge in [0.2, 0.25) is 0 Å². The maximum atomic E-state index is 13.2. The van der Waals surface area contributed by atoms with E-state index in [0.29, 0.717) is 16.1 Å². The summed E-state index contributed by atoms with van der Waals surface area (Å²) in [7, 11) is 0. The molecule has 1 heterocycles. The van der Waals surface area contributed by atoms with Gasteiger partial charge in [-0.1, -0.05) is 72.8 Å². The van der Waals surface area contributed by atoms with Gasteiger partial charge in [-0.3, -0.25) is 9.59 Å². The number of carbonyl (C=O) groups excluding carboxylic acids is 2. The minimum Gasteiger partial charge on any atom is -0.444 e. The average molecular weight is 516 g/mol. The van der Waals surface area contributed by atoms with E-state index in [1.807, 2.05) is 66.7 Å². The second-order valence-electron chi connectivity index (χ2n) is 7.57. The van der Waals surface area contributed by atoms with Crippen LogP contribution in [0.1, 0.15) is 40.1 Å². The first-order chi connectivity index (χ1) is 16.5. The van der Waals surface area contributed by atoms with Gasteiger partial charge >= 0.3 is 0 Å². The van der Waals surface area contributed by atoms with Crippen molar-refractivity contribution in [1.82, 2.24) is 5.43 Å². The predicted molar refractivity (Wildman–Crippen MR) is 136 cm³/mol. The van der Waals surface area contributed by atoms with E-state index in [0.717, 1.165) is 16.7 Å². The third-order valence-electron chi connectivity index (χ3n) is 5.20. The maximum Gasteiger partial charge on any atom is 0.291 e. The van der Waals surface area contributed by atoms with Crippen LogP contribution in [0.25, 0.3) is 0 Å². The Balaban J connectivity index is 1.50. The molecule has 34 heavy (non-hydrogen) atoms. The number of nitrogens with zero attached hydrogens (tertiary/aromatic N) is 1. The largest absolute Gasteiger partial charge is 0.444 e. The fourth-order valence-corrected chi connectivity index (χ4v) is 3.81. The molecule has 3 aromatic carbocycles. The quantitative estimate of drug-likeness (QED) is 0.235. The van der Waals surface area contributed by atoms with E-state index in [-0.39, 0.29) is 17.6 Å². The molecule has 4 rings (SSSR count). The summed E-state index contributed by atoms with van der Waals surface area (Å²) in [5.74, 6) is -0.885. The van der Waals surface area contributed by atoms with Gasteiger partial charge in [0.15, 0.2) is 10.4 Å². The summed E-state index contributed by atoms with van der Waals surface area (Å²) >= 11 is 3.19. The zero-order valence-corrected chi connectivity index (χ0v) is 20.0. The Bertz CT molecular complexity index is 1280. The van der Waals surface area contributed by atoms with Crippen molar-refractivity contribution >= 4 is 39.1 Å². The highest BCUT2D eigenvalue weighted by Gasteiger charge is 2.22. The SMILES string of the molecule is C/C(=N/NC(=O)C(c1ccccc1)c1ccccc1)c1cccc(NC(=O)c2ccc(Br)o2)c1. The van der Waals surface area contributed by atoms with Gasteiger partial charge in [-0.05, 0) is 63.8 Å². The van der Waals surface area contributed by atoms with Crippen LogP contribution >= 0.6 is 15.9 Å². The summed E-state index contributed by atoms with van der Waals surface area (Å²) < 4.78 is 5.77. The number of nitrogens with one attached hydrogen (secondary N) is 2. The lowest BCUT2D eigenvalue weighted by Gasteiger charge is -2.16. The van der Waals surface area contributed by atoms with Crippen molar-refractivity contribution in [3.8, 4) is 0 Å². The summed E-state index contributed by atoms with van der Waals surface area (Å²) in [6, 6.07) is 29.7. The number of furan rings is 1. The first-order valence-corrected chi connectivity index (χ1v) is 11.4. The number of benzene rings is 3. The lowest BCUT2D eigenvalue weighted by atomic mass is 9.91. The van der Waals surface area contributed by atoms with Crippen molar-refractivity contribution in [2.45, 2.75) is 12.8 Å². The first-order valence-electron chi connectivity index (χ1n) is 10.6. The second kappa shape index (κ2) is 10.8. The third kappa shape index (κ3) is 5.68. The highest BCUT2D eigenvalue weighted by Crippen LogP contribution is 2.25. The smallest absolute Gasteiger partial charge is 0.291 e. The number of carbonyl (C=O) groups is 2. The van der Waals surface area contributed by atoms with Crippen LogP contribution < -0.4 is 10.7 Å². The highest BCUT2D eigenvalue weighted by molar-refractivity contribution is 9.10. The molecule has 0 unspecified atom stereocenters. The molecule has 1 aromatic heterocycles. The highest BCUT2D eigenvalue weighted by atomic mass is 79.9. The van der Waals surface area contributed by atoms with Crippen LogP contribution in [0.4, 0.5) is 5.69 Å². The molecule has 2 amide bonds. The Morgan fingerprint density at radius 2 is 1.50 bits per heavy atom. The number of rotatable bonds is 7. The molecule has 0 saturated carbocycles. The van der Waals surface area contributed by atoms with E-state index in [1.165, 1.54) is 0 Å². The predicted octanol–water partition coefficient (Wildman–Crippen LogP) is 5.97. The summed E-state index contributed by atoms with van der Waals surface area (Å²) in [6.45, 7) is 1.80. The second-order valence-corrected chi connectivity index (χ2v) is 8.35. The average Bonchev–Trinajstić information content (AvgIpc) is 3.31. The third-order valence-corrected chi connectivity index (χ3v) is 5.62. The fraction of sp³-hybridized carbons (Fsp3) is 0.0741. The molecule has 4 aromatic rings. The van der Waals surface area contributed by atoms with Gasteiger partial charge in [-0.15, -0.1) is 0 Å². The van der Waals surface area contributed by atoms with E-state index in [1.54, 1.807) is 37.3 Å². The van der Waals surface area contributed by atoms with Gasteiger partial charge in [-0.2, -0.15) is 5.10 Å². The molecule has 2 N–H and O–H groups in total. The molecular formula is C27H22BrN3O3. The fourth-order valence-electron chi connectivity index (χ4n) is 3.51. The van der Waals surface area contributed by atoms with Crippen LogP contribution in [0, 0.1) is 0 Å². The van der Waals surface area contributed by atoms with Gasteiger partial charge < -0.3 is 9.73 Å². The number of hydrogen-bond acceptors (Lipinski definition) is 4. The van der Waals surface area contributed by atoms with Crippen molar-refractivity contribution < 1.29 is 14.0 Å². The molecule has 0 saturated heterocycles. The minimum absolute atomic E-state index is 0.197. The molecule has 0 fully saturated rings. The minimum atomic E-state index is -0.489. The van der Waals surface area contributed by atoms with Crippen molar-refractivity contribution in [3.05, 3.63) is 124 Å². The Morgan fingerprint density at radius 1 is 0.853 bits per heavy atom. The molecule has 0 atom stereocenters. The summed E-state index contributed by atoms with van der Waals surface area (Å²) in [5, 5.41) is 7.12. The molecule has 0 aliphatic heterocycles. The normalized spacial score (nSPS) is 11.3. The van der Waals surface area contributed by atoms with Crippen LogP contribution in [0.15, 0.2) is 111 Å². The lowest BCUT2D eigenvalue weighted by molar-refractivity contribution is -0.121. The van der Waals surface area contributed by atoms with E-state index in [9.17, 15) is 9.59 Å². The lowest BCUT2D eigenvalue weighted by Crippen LogP contribution is -2.27. The summed E-state index contributed by atoms with van der Waals surface area (Å²) in [4.78, 5) is 25.5. The van der Waals surface area contributed by atoms with Gasteiger partial charge in [0.25, 0.3) is 11.8 Å². The van der Waals surface area contributed by atoms with Crippen molar-refractivity contribution in [1.29, 1.82) is 0 Å². The zero-order valence-electron chi connectivity index (χ0n) is 18.4. The zero-order chi connectivity index (χ0) is 23.9. The Kier molecular flexibility index (Phi) is 7.34. The molecule has 0 radical (unpaired) electrons. The van der Waals surface area contributed by atoms with Crippen LogP contribution in [0.2, 0.25) is 0 Å². The molecule has 7 heteroatoms. The summed E-state index contributed by atoms with van der Waals surface area (Å²) in [6.07, 6.45) is 0. The number of anilines is 1. The molecular weight excluding hydrogens is 494 g/mol. The first kappa shape index (κ1) is 23.2. The van der Waals surface area contributed by atoms with Crippen molar-refractivity contribution in [2.24, 2.45) is 5.10 Å². The van der Waals surface area contributed by atoms with Crippen LogP contribution in [0.3, 0.4) is 0 Å². The molecule has 6 nitrogen and oxygen atoms in total. The Morgan fingerprint density at radius 3 is 2.09 bits per heavy atom. The van der Waals surface area contributed by atoms with Gasteiger partial charge in [0.05, 0.1) is 11.6 Å². The van der Waals surface area contributed by atoms with E-state index >= 15 is 0 Å². The number of amides is 2. The molecule has 170 valence electrons. The number of hydrazone groups is 1. The van der Waals surface area contributed by atoms with Crippen LogP contribution in [0.5, 0.6) is 0 Å². The molecule has 0 spiro atoms. The van der Waals surface area contributed by atoms with Crippen LogP contribution in [-0.4, -0.2) is 17.5 Å². The van der Waals surface area contributed by atoms with Crippen molar-refractivity contribution in [3.63, 3.8) is 0 Å². The standard InChI is InChI=1S/C27H22BrN3O3/c1-18(21-13-8-14-22(17-21)29-26(32)23-15-16-24(28)34-23)30-31-27(33)25(19-9-4-2-5-10-19)20-11-6-3-7-12-20/h2-17,25H,1H3,(H,29,32)(H,31,33)/b30-18-. The number of halogens is 1. The maximum absolute atomic E-state index is 13.2. The number of hydrogen-bond donors (Lipinski definition) is 2. The van der Waals surface area contributed by atoms with Crippen LogP contribution in [-0.2, 0) is 4.79 Å². The van der Waals surface area contributed by atoms with Gasteiger partial charge in [-0.25, -0.2) is 5.43 Å². The van der Waals surface area contributed by atoms with E-state index in [2.05, 4.69) is 31.8 Å². The Labute approximate surface area is 205 Å². The molecule has 0 bridgehead atoms. The summed E-state index contributed by atoms with van der Waals surface area (Å²) in [5.41, 5.74) is 6.42.